The average Bonchev–Trinajstić information content (AvgIpc) is 2.74. The third-order valence-electron chi connectivity index (χ3n) is 4.71. The van der Waals surface area contributed by atoms with Gasteiger partial charge in [-0.1, -0.05) is 38.1 Å². The number of para-hydroxylation sites is 2. The molecule has 7 nitrogen and oxygen atoms in total. The minimum absolute atomic E-state index is 0.189. The van der Waals surface area contributed by atoms with Crippen LogP contribution in [0.5, 0.6) is 0 Å². The summed E-state index contributed by atoms with van der Waals surface area (Å²) in [4.78, 5) is 26.6. The highest BCUT2D eigenvalue weighted by Crippen LogP contribution is 2.18. The van der Waals surface area contributed by atoms with E-state index < -0.39 is 0 Å². The van der Waals surface area contributed by atoms with Crippen LogP contribution in [0.2, 0.25) is 0 Å². The van der Waals surface area contributed by atoms with Crippen LogP contribution in [0, 0.1) is 0 Å². The van der Waals surface area contributed by atoms with Crippen LogP contribution in [-0.4, -0.2) is 43.0 Å². The Morgan fingerprint density at radius 2 is 1.66 bits per heavy atom. The summed E-state index contributed by atoms with van der Waals surface area (Å²) in [6.45, 7) is 8.33. The molecule has 0 aliphatic heterocycles. The van der Waals surface area contributed by atoms with Crippen molar-refractivity contribution in [1.82, 2.24) is 15.5 Å². The molecule has 0 heterocycles. The van der Waals surface area contributed by atoms with E-state index in [-0.39, 0.29) is 11.9 Å². The summed E-state index contributed by atoms with van der Waals surface area (Å²) in [5.74, 6) is -0.228. The van der Waals surface area contributed by atoms with Gasteiger partial charge in [0.15, 0.2) is 0 Å². The molecule has 3 amide bonds. The van der Waals surface area contributed by atoms with Crippen molar-refractivity contribution in [2.75, 3.05) is 37.2 Å². The molecule has 7 heteroatoms. The lowest BCUT2D eigenvalue weighted by molar-refractivity contribution is 0.102. The molecule has 5 N–H and O–H groups in total. The lowest BCUT2D eigenvalue weighted by Gasteiger charge is -2.17. The fraction of sp³-hybridized carbons (Fsp3) is 0.364. The standard InChI is InChI=1S/C22H31N5O2/c1-3-27(4-2)15-7-14-24-22(29)25-16-17-10-12-18(13-11-17)21(28)26-20-9-6-5-8-19(20)23/h5-6,8-13H,3-4,7,14-16,23H2,1-2H3,(H,26,28)(H2,24,25,29). The van der Waals surface area contributed by atoms with E-state index in [9.17, 15) is 9.59 Å². The Morgan fingerprint density at radius 1 is 0.966 bits per heavy atom. The normalized spacial score (nSPS) is 10.6. The van der Waals surface area contributed by atoms with Gasteiger partial charge in [-0.2, -0.15) is 0 Å². The molecule has 0 saturated heterocycles. The van der Waals surface area contributed by atoms with Crippen molar-refractivity contribution in [3.8, 4) is 0 Å². The molecule has 29 heavy (non-hydrogen) atoms. The molecule has 0 fully saturated rings. The number of benzene rings is 2. The number of nitrogens with two attached hydrogens (primary N) is 1. The SMILES string of the molecule is CCN(CC)CCCNC(=O)NCc1ccc(C(=O)Nc2ccccc2N)cc1. The average molecular weight is 398 g/mol. The second-order valence-electron chi connectivity index (χ2n) is 6.73. The number of carbonyl (C=O) groups is 2. The van der Waals surface area contributed by atoms with Crippen molar-refractivity contribution in [2.24, 2.45) is 0 Å². The Balaban J connectivity index is 1.74. The number of nitrogens with zero attached hydrogens (tertiary/aromatic N) is 1. The Labute approximate surface area is 172 Å². The third-order valence-corrected chi connectivity index (χ3v) is 4.71. The van der Waals surface area contributed by atoms with Crippen molar-refractivity contribution in [3.05, 3.63) is 59.7 Å². The lowest BCUT2D eigenvalue weighted by atomic mass is 10.1. The highest BCUT2D eigenvalue weighted by Gasteiger charge is 2.08. The second-order valence-corrected chi connectivity index (χ2v) is 6.73. The highest BCUT2D eigenvalue weighted by atomic mass is 16.2. The first-order valence-corrected chi connectivity index (χ1v) is 10.0. The number of carbonyl (C=O) groups excluding carboxylic acids is 2. The zero-order chi connectivity index (χ0) is 21.1. The summed E-state index contributed by atoms with van der Waals surface area (Å²) < 4.78 is 0. The molecule has 2 aromatic rings. The molecule has 0 bridgehead atoms. The van der Waals surface area contributed by atoms with Gasteiger partial charge >= 0.3 is 6.03 Å². The van der Waals surface area contributed by atoms with E-state index in [0.717, 1.165) is 31.6 Å². The molecular formula is C22H31N5O2. The van der Waals surface area contributed by atoms with Gasteiger partial charge < -0.3 is 26.6 Å². The summed E-state index contributed by atoms with van der Waals surface area (Å²) >= 11 is 0. The first-order valence-electron chi connectivity index (χ1n) is 10.0. The molecule has 2 aromatic carbocycles. The maximum absolute atomic E-state index is 12.3. The smallest absolute Gasteiger partial charge is 0.315 e. The topological polar surface area (TPSA) is 99.5 Å². The number of hydrogen-bond donors (Lipinski definition) is 4. The summed E-state index contributed by atoms with van der Waals surface area (Å²) in [6.07, 6.45) is 0.921. The van der Waals surface area contributed by atoms with Gasteiger partial charge in [0, 0.05) is 18.7 Å². The molecule has 0 spiro atoms. The monoisotopic (exact) mass is 397 g/mol. The Bertz CT molecular complexity index is 788. The number of hydrogen-bond acceptors (Lipinski definition) is 4. The van der Waals surface area contributed by atoms with Gasteiger partial charge in [-0.3, -0.25) is 4.79 Å². The third kappa shape index (κ3) is 7.46. The number of anilines is 2. The molecule has 156 valence electrons. The Hall–Kier alpha value is -3.06. The highest BCUT2D eigenvalue weighted by molar-refractivity contribution is 6.05. The van der Waals surface area contributed by atoms with E-state index in [2.05, 4.69) is 34.7 Å². The fourth-order valence-corrected chi connectivity index (χ4v) is 2.87. The van der Waals surface area contributed by atoms with Crippen molar-refractivity contribution in [2.45, 2.75) is 26.8 Å². The van der Waals surface area contributed by atoms with Crippen LogP contribution in [-0.2, 0) is 6.54 Å². The van der Waals surface area contributed by atoms with E-state index in [4.69, 9.17) is 5.73 Å². The van der Waals surface area contributed by atoms with Gasteiger partial charge in [-0.05, 0) is 55.9 Å². The first kappa shape index (κ1) is 22.2. The Kier molecular flexibility index (Phi) is 8.98. The van der Waals surface area contributed by atoms with E-state index in [1.165, 1.54) is 0 Å². The molecular weight excluding hydrogens is 366 g/mol. The molecule has 0 aliphatic carbocycles. The maximum atomic E-state index is 12.3. The zero-order valence-corrected chi connectivity index (χ0v) is 17.2. The molecule has 0 radical (unpaired) electrons. The van der Waals surface area contributed by atoms with Crippen LogP contribution in [0.4, 0.5) is 16.2 Å². The molecule has 0 unspecified atom stereocenters. The molecule has 0 aliphatic rings. The van der Waals surface area contributed by atoms with E-state index in [1.54, 1.807) is 24.3 Å². The van der Waals surface area contributed by atoms with Crippen molar-refractivity contribution < 1.29 is 9.59 Å². The van der Waals surface area contributed by atoms with Gasteiger partial charge in [0.2, 0.25) is 0 Å². The lowest BCUT2D eigenvalue weighted by Crippen LogP contribution is -2.36. The predicted octanol–water partition coefficient (Wildman–Crippen LogP) is 3.05. The van der Waals surface area contributed by atoms with Crippen molar-refractivity contribution >= 4 is 23.3 Å². The predicted molar refractivity (Wildman–Crippen MR) is 118 cm³/mol. The Morgan fingerprint density at radius 3 is 2.31 bits per heavy atom. The number of amides is 3. The first-order chi connectivity index (χ1) is 14.0. The van der Waals surface area contributed by atoms with Crippen molar-refractivity contribution in [3.63, 3.8) is 0 Å². The number of urea groups is 1. The van der Waals surface area contributed by atoms with Crippen LogP contribution in [0.3, 0.4) is 0 Å². The number of rotatable bonds is 10. The molecule has 0 saturated carbocycles. The summed E-state index contributed by atoms with van der Waals surface area (Å²) in [5, 5.41) is 8.49. The molecule has 0 atom stereocenters. The maximum Gasteiger partial charge on any atom is 0.315 e. The van der Waals surface area contributed by atoms with Gasteiger partial charge in [0.1, 0.15) is 0 Å². The van der Waals surface area contributed by atoms with Gasteiger partial charge in [0.25, 0.3) is 5.91 Å². The summed E-state index contributed by atoms with van der Waals surface area (Å²) in [6, 6.07) is 14.0. The number of nitrogens with one attached hydrogen (secondary N) is 3. The van der Waals surface area contributed by atoms with Crippen molar-refractivity contribution in [1.29, 1.82) is 0 Å². The van der Waals surface area contributed by atoms with Crippen LogP contribution in [0.15, 0.2) is 48.5 Å². The minimum atomic E-state index is -0.228. The zero-order valence-electron chi connectivity index (χ0n) is 17.2. The van der Waals surface area contributed by atoms with Gasteiger partial charge in [-0.25, -0.2) is 4.79 Å². The van der Waals surface area contributed by atoms with E-state index in [0.29, 0.717) is 30.0 Å². The second kappa shape index (κ2) is 11.7. The molecule has 0 aromatic heterocycles. The van der Waals surface area contributed by atoms with Crippen LogP contribution >= 0.6 is 0 Å². The van der Waals surface area contributed by atoms with Gasteiger partial charge in [-0.15, -0.1) is 0 Å². The van der Waals surface area contributed by atoms with E-state index in [1.807, 2.05) is 24.3 Å². The summed E-state index contributed by atoms with van der Waals surface area (Å²) in [5.41, 5.74) is 8.39. The summed E-state index contributed by atoms with van der Waals surface area (Å²) in [7, 11) is 0. The van der Waals surface area contributed by atoms with Crippen LogP contribution < -0.4 is 21.7 Å². The fourth-order valence-electron chi connectivity index (χ4n) is 2.87. The largest absolute Gasteiger partial charge is 0.397 e. The minimum Gasteiger partial charge on any atom is -0.397 e. The van der Waals surface area contributed by atoms with Gasteiger partial charge in [0.05, 0.1) is 11.4 Å². The molecule has 2 rings (SSSR count). The quantitative estimate of drug-likeness (QED) is 0.366. The van der Waals surface area contributed by atoms with E-state index >= 15 is 0 Å². The van der Waals surface area contributed by atoms with Crippen LogP contribution in [0.1, 0.15) is 36.2 Å². The van der Waals surface area contributed by atoms with Crippen LogP contribution in [0.25, 0.3) is 0 Å². The number of nitrogen functional groups attached to an aromatic ring is 1.